The van der Waals surface area contributed by atoms with Crippen LogP contribution >= 0.6 is 11.6 Å². The summed E-state index contributed by atoms with van der Waals surface area (Å²) in [6, 6.07) is 15.5. The summed E-state index contributed by atoms with van der Waals surface area (Å²) >= 11 is 6.68. The van der Waals surface area contributed by atoms with E-state index in [1.54, 1.807) is 16.7 Å². The zero-order chi connectivity index (χ0) is 21.0. The van der Waals surface area contributed by atoms with Crippen LogP contribution in [0, 0.1) is 0 Å². The van der Waals surface area contributed by atoms with Gasteiger partial charge < -0.3 is 19.6 Å². The van der Waals surface area contributed by atoms with Gasteiger partial charge in [0.2, 0.25) is 0 Å². The number of halogens is 1. The van der Waals surface area contributed by atoms with Gasteiger partial charge in [0.15, 0.2) is 0 Å². The van der Waals surface area contributed by atoms with E-state index in [4.69, 9.17) is 11.6 Å². The molecule has 0 saturated carbocycles. The normalized spacial score (nSPS) is 11.7. The highest BCUT2D eigenvalue weighted by Gasteiger charge is 2.27. The molecular formula is C24H20ClN3O2. The average Bonchev–Trinajstić information content (AvgIpc) is 3.44. The van der Waals surface area contributed by atoms with Gasteiger partial charge in [-0.1, -0.05) is 37.6 Å². The first-order valence-electron chi connectivity index (χ1n) is 9.78. The first-order chi connectivity index (χ1) is 14.5. The third kappa shape index (κ3) is 2.66. The maximum Gasteiger partial charge on any atom is 0.352 e. The third-order valence-corrected chi connectivity index (χ3v) is 5.91. The van der Waals surface area contributed by atoms with Crippen molar-refractivity contribution in [3.05, 3.63) is 77.2 Å². The number of carboxylic acids is 1. The minimum absolute atomic E-state index is 0.123. The lowest BCUT2D eigenvalue weighted by atomic mass is 9.97. The van der Waals surface area contributed by atoms with Crippen molar-refractivity contribution in [3.63, 3.8) is 0 Å². The smallest absolute Gasteiger partial charge is 0.352 e. The van der Waals surface area contributed by atoms with E-state index in [9.17, 15) is 9.90 Å². The van der Waals surface area contributed by atoms with Crippen LogP contribution in [0.3, 0.4) is 0 Å². The van der Waals surface area contributed by atoms with Gasteiger partial charge in [-0.25, -0.2) is 4.79 Å². The molecular weight excluding hydrogens is 398 g/mol. The Bertz CT molecular complexity index is 1420. The first kappa shape index (κ1) is 18.6. The Labute approximate surface area is 177 Å². The Morgan fingerprint density at radius 3 is 2.40 bits per heavy atom. The highest BCUT2D eigenvalue weighted by atomic mass is 35.5. The number of aromatic carboxylic acids is 1. The van der Waals surface area contributed by atoms with E-state index in [0.717, 1.165) is 38.6 Å². The molecule has 3 heterocycles. The van der Waals surface area contributed by atoms with Crippen molar-refractivity contribution in [2.45, 2.75) is 19.8 Å². The van der Waals surface area contributed by atoms with E-state index in [1.165, 1.54) is 0 Å². The Morgan fingerprint density at radius 2 is 1.70 bits per heavy atom. The summed E-state index contributed by atoms with van der Waals surface area (Å²) < 4.78 is 1.80. The number of aromatic nitrogens is 3. The molecule has 0 aliphatic rings. The summed E-state index contributed by atoms with van der Waals surface area (Å²) in [5, 5.41) is 12.5. The van der Waals surface area contributed by atoms with E-state index in [-0.39, 0.29) is 11.6 Å². The number of carbonyl (C=O) groups is 1. The zero-order valence-corrected chi connectivity index (χ0v) is 17.3. The molecule has 150 valence electrons. The predicted molar refractivity (Wildman–Crippen MR) is 121 cm³/mol. The molecule has 0 fully saturated rings. The lowest BCUT2D eigenvalue weighted by Gasteiger charge is -2.18. The number of hydrogen-bond acceptors (Lipinski definition) is 1. The SMILES string of the molecule is CC(C)c1cc(C(=O)O)n(-c2c(Cl)ccc3[nH]ccc23)c1-c1cccc2[nH]ccc12. The van der Waals surface area contributed by atoms with Crippen LogP contribution in [-0.2, 0) is 0 Å². The Hall–Kier alpha value is -3.44. The van der Waals surface area contributed by atoms with Gasteiger partial charge >= 0.3 is 5.97 Å². The van der Waals surface area contributed by atoms with Crippen LogP contribution in [0.2, 0.25) is 5.02 Å². The highest BCUT2D eigenvalue weighted by Crippen LogP contribution is 2.41. The number of H-pyrrole nitrogens is 2. The van der Waals surface area contributed by atoms with Crippen molar-refractivity contribution in [2.24, 2.45) is 0 Å². The summed E-state index contributed by atoms with van der Waals surface area (Å²) in [5.41, 5.74) is 5.54. The summed E-state index contributed by atoms with van der Waals surface area (Å²) in [4.78, 5) is 18.8. The van der Waals surface area contributed by atoms with Crippen molar-refractivity contribution in [2.75, 3.05) is 0 Å². The van der Waals surface area contributed by atoms with E-state index in [1.807, 2.05) is 48.8 Å². The second kappa shape index (κ2) is 6.82. The predicted octanol–water partition coefficient (Wildman–Crippen LogP) is 6.58. The molecule has 0 saturated heterocycles. The maximum absolute atomic E-state index is 12.3. The number of fused-ring (bicyclic) bond motifs is 2. The van der Waals surface area contributed by atoms with Gasteiger partial charge in [0.05, 0.1) is 16.4 Å². The standard InChI is InChI=1S/C24H20ClN3O2/c1-13(2)17-12-21(24(29)30)28(23-16-9-11-27-20(16)7-6-18(23)25)22(17)15-4-3-5-19-14(15)8-10-26-19/h3-13,26-27H,1-2H3,(H,29,30). The summed E-state index contributed by atoms with van der Waals surface area (Å²) in [7, 11) is 0. The van der Waals surface area contributed by atoms with E-state index >= 15 is 0 Å². The van der Waals surface area contributed by atoms with Gasteiger partial charge in [-0.2, -0.15) is 0 Å². The topological polar surface area (TPSA) is 73.8 Å². The molecule has 5 rings (SSSR count). The number of benzene rings is 2. The van der Waals surface area contributed by atoms with Crippen molar-refractivity contribution < 1.29 is 9.90 Å². The first-order valence-corrected chi connectivity index (χ1v) is 10.2. The van der Waals surface area contributed by atoms with E-state index in [0.29, 0.717) is 10.7 Å². The van der Waals surface area contributed by atoms with Crippen LogP contribution in [0.4, 0.5) is 0 Å². The van der Waals surface area contributed by atoms with Crippen LogP contribution in [0.25, 0.3) is 38.8 Å². The molecule has 30 heavy (non-hydrogen) atoms. The van der Waals surface area contributed by atoms with Gasteiger partial charge in [0, 0.05) is 39.8 Å². The van der Waals surface area contributed by atoms with Crippen molar-refractivity contribution in [1.82, 2.24) is 14.5 Å². The molecule has 3 N–H and O–H groups in total. The average molecular weight is 418 g/mol. The fourth-order valence-electron chi connectivity index (χ4n) is 4.25. The number of hydrogen-bond donors (Lipinski definition) is 3. The molecule has 2 aromatic carbocycles. The number of nitrogens with zero attached hydrogens (tertiary/aromatic N) is 1. The van der Waals surface area contributed by atoms with Crippen LogP contribution in [0.5, 0.6) is 0 Å². The summed E-state index contributed by atoms with van der Waals surface area (Å²) in [6.45, 7) is 4.15. The third-order valence-electron chi connectivity index (χ3n) is 5.60. The number of carboxylic acid groups (broad SMARTS) is 1. The molecule has 0 bridgehead atoms. The molecule has 0 unspecified atom stereocenters. The maximum atomic E-state index is 12.3. The Balaban J connectivity index is 1.98. The fourth-order valence-corrected chi connectivity index (χ4v) is 4.49. The van der Waals surface area contributed by atoms with Gasteiger partial charge in [0.25, 0.3) is 0 Å². The van der Waals surface area contributed by atoms with E-state index < -0.39 is 5.97 Å². The van der Waals surface area contributed by atoms with Gasteiger partial charge in [0.1, 0.15) is 5.69 Å². The molecule has 0 amide bonds. The van der Waals surface area contributed by atoms with Gasteiger partial charge in [-0.3, -0.25) is 0 Å². The summed E-state index contributed by atoms with van der Waals surface area (Å²) in [5.74, 6) is -0.870. The minimum atomic E-state index is -0.993. The van der Waals surface area contributed by atoms with E-state index in [2.05, 4.69) is 23.8 Å². The van der Waals surface area contributed by atoms with Crippen molar-refractivity contribution >= 4 is 39.4 Å². The van der Waals surface area contributed by atoms with Gasteiger partial charge in [-0.15, -0.1) is 0 Å². The number of nitrogens with one attached hydrogen (secondary N) is 2. The van der Waals surface area contributed by atoms with Crippen LogP contribution in [-0.4, -0.2) is 25.6 Å². The Morgan fingerprint density at radius 1 is 1.00 bits per heavy atom. The molecule has 5 nitrogen and oxygen atoms in total. The molecule has 0 radical (unpaired) electrons. The quantitative estimate of drug-likeness (QED) is 0.309. The van der Waals surface area contributed by atoms with Crippen molar-refractivity contribution in [1.29, 1.82) is 0 Å². The molecule has 3 aromatic heterocycles. The fraction of sp³-hybridized carbons (Fsp3) is 0.125. The lowest BCUT2D eigenvalue weighted by Crippen LogP contribution is -2.09. The minimum Gasteiger partial charge on any atom is -0.477 e. The highest BCUT2D eigenvalue weighted by molar-refractivity contribution is 6.34. The number of rotatable bonds is 4. The monoisotopic (exact) mass is 417 g/mol. The second-order valence-electron chi connectivity index (χ2n) is 7.71. The van der Waals surface area contributed by atoms with Gasteiger partial charge in [-0.05, 0) is 47.9 Å². The van der Waals surface area contributed by atoms with Crippen LogP contribution < -0.4 is 0 Å². The summed E-state index contributed by atoms with van der Waals surface area (Å²) in [6.07, 6.45) is 3.73. The molecule has 0 atom stereocenters. The molecule has 6 heteroatoms. The van der Waals surface area contributed by atoms with Crippen LogP contribution in [0.15, 0.2) is 60.9 Å². The second-order valence-corrected chi connectivity index (χ2v) is 8.12. The van der Waals surface area contributed by atoms with Crippen molar-refractivity contribution in [3.8, 4) is 16.9 Å². The van der Waals surface area contributed by atoms with Crippen LogP contribution in [0.1, 0.15) is 35.8 Å². The Kier molecular flexibility index (Phi) is 4.22. The lowest BCUT2D eigenvalue weighted by molar-refractivity contribution is 0.0688. The number of aromatic amines is 2. The largest absolute Gasteiger partial charge is 0.477 e. The molecule has 0 aliphatic heterocycles. The molecule has 0 spiro atoms. The zero-order valence-electron chi connectivity index (χ0n) is 16.5. The molecule has 5 aromatic rings. The molecule has 0 aliphatic carbocycles.